The Labute approximate surface area is 122 Å². The van der Waals surface area contributed by atoms with Crippen molar-refractivity contribution in [3.8, 4) is 11.8 Å². The number of carbonyl (C=O) groups is 1. The normalized spacial score (nSPS) is 37.2. The van der Waals surface area contributed by atoms with Gasteiger partial charge in [0.1, 0.15) is 0 Å². The Kier molecular flexibility index (Phi) is 4.55. The maximum atomic E-state index is 11.6. The van der Waals surface area contributed by atoms with Gasteiger partial charge in [0.25, 0.3) is 0 Å². The van der Waals surface area contributed by atoms with Crippen molar-refractivity contribution in [1.29, 1.82) is 0 Å². The number of piperidine rings is 1. The number of allylic oxidation sites excluding steroid dienone is 1. The van der Waals surface area contributed by atoms with Gasteiger partial charge in [0.05, 0.1) is 0 Å². The molecule has 0 bridgehead atoms. The van der Waals surface area contributed by atoms with E-state index in [4.69, 9.17) is 4.74 Å². The van der Waals surface area contributed by atoms with Crippen LogP contribution in [-0.4, -0.2) is 35.6 Å². The van der Waals surface area contributed by atoms with Gasteiger partial charge in [0.2, 0.25) is 0 Å². The fourth-order valence-electron chi connectivity index (χ4n) is 3.92. The molecule has 4 atom stereocenters. The molecule has 2 fully saturated rings. The first-order chi connectivity index (χ1) is 9.50. The van der Waals surface area contributed by atoms with Gasteiger partial charge in [0.15, 0.2) is 5.60 Å². The maximum Gasteiger partial charge on any atom is 0.304 e. The van der Waals surface area contributed by atoms with Crippen LogP contribution in [0, 0.1) is 17.8 Å². The zero-order chi connectivity index (χ0) is 14.8. The van der Waals surface area contributed by atoms with E-state index >= 15 is 0 Å². The maximum absolute atomic E-state index is 11.6. The zero-order valence-corrected chi connectivity index (χ0v) is 12.8. The summed E-state index contributed by atoms with van der Waals surface area (Å²) in [5.41, 5.74) is -0.628. The predicted molar refractivity (Wildman–Crippen MR) is 80.1 cm³/mol. The number of likely N-dealkylation sites (tertiary alicyclic amines) is 1. The summed E-state index contributed by atoms with van der Waals surface area (Å²) >= 11 is 0. The van der Waals surface area contributed by atoms with Crippen LogP contribution in [0.3, 0.4) is 0 Å². The molecule has 2 aliphatic rings. The predicted octanol–water partition coefficient (Wildman–Crippen LogP) is 2.76. The first kappa shape index (κ1) is 15.1. The van der Waals surface area contributed by atoms with E-state index in [0.717, 1.165) is 12.8 Å². The minimum absolute atomic E-state index is 0.232. The van der Waals surface area contributed by atoms with Crippen LogP contribution < -0.4 is 0 Å². The molecule has 20 heavy (non-hydrogen) atoms. The van der Waals surface area contributed by atoms with E-state index in [1.807, 2.05) is 0 Å². The van der Waals surface area contributed by atoms with Crippen LogP contribution in [0.25, 0.3) is 0 Å². The lowest BCUT2D eigenvalue weighted by Gasteiger charge is -2.53. The van der Waals surface area contributed by atoms with Crippen LogP contribution in [0.5, 0.6) is 0 Å². The second-order valence-electron chi connectivity index (χ2n) is 6.13. The van der Waals surface area contributed by atoms with Crippen molar-refractivity contribution in [1.82, 2.24) is 4.90 Å². The summed E-state index contributed by atoms with van der Waals surface area (Å²) in [4.78, 5) is 14.1. The van der Waals surface area contributed by atoms with E-state index in [0.29, 0.717) is 18.0 Å². The second-order valence-corrected chi connectivity index (χ2v) is 6.13. The molecule has 1 heterocycles. The van der Waals surface area contributed by atoms with Crippen molar-refractivity contribution in [3.63, 3.8) is 0 Å². The molecular formula is C17H25NO2. The summed E-state index contributed by atoms with van der Waals surface area (Å²) in [5.74, 6) is 6.26. The molecule has 0 aromatic rings. The van der Waals surface area contributed by atoms with E-state index in [1.165, 1.54) is 26.2 Å². The molecule has 0 N–H and O–H groups in total. The van der Waals surface area contributed by atoms with E-state index < -0.39 is 5.60 Å². The largest absolute Gasteiger partial charge is 0.446 e. The number of ether oxygens (including phenoxy) is 1. The Bertz CT molecular complexity index is 448. The first-order valence-electron chi connectivity index (χ1n) is 7.55. The van der Waals surface area contributed by atoms with Gasteiger partial charge in [-0.25, -0.2) is 0 Å². The number of esters is 1. The highest BCUT2D eigenvalue weighted by Gasteiger charge is 2.52. The van der Waals surface area contributed by atoms with E-state index in [2.05, 4.69) is 37.3 Å². The lowest BCUT2D eigenvalue weighted by atomic mass is 9.67. The van der Waals surface area contributed by atoms with Crippen LogP contribution in [0.15, 0.2) is 12.7 Å². The second kappa shape index (κ2) is 6.01. The minimum atomic E-state index is -0.628. The molecule has 4 unspecified atom stereocenters. The molecule has 0 spiro atoms. The SMILES string of the molecule is C=CC#CC1(OC(C)=O)CC(C)N(C)C2CCCCC21. The van der Waals surface area contributed by atoms with E-state index in [1.54, 1.807) is 6.08 Å². The number of rotatable bonds is 1. The third kappa shape index (κ3) is 2.76. The number of nitrogens with zero attached hydrogens (tertiary/aromatic N) is 1. The van der Waals surface area contributed by atoms with Gasteiger partial charge in [0, 0.05) is 31.3 Å². The highest BCUT2D eigenvalue weighted by molar-refractivity contribution is 5.67. The average molecular weight is 275 g/mol. The number of carbonyl (C=O) groups excluding carboxylic acids is 1. The van der Waals surface area contributed by atoms with Gasteiger partial charge in [-0.15, -0.1) is 0 Å². The van der Waals surface area contributed by atoms with Crippen molar-refractivity contribution < 1.29 is 9.53 Å². The standard InChI is InChI=1S/C17H25NO2/c1-5-6-11-17(20-14(3)19)12-13(2)18(4)16-10-8-7-9-15(16)17/h5,13,15-16H,1,7-10,12H2,2-4H3. The molecule has 0 aromatic heterocycles. The molecule has 0 amide bonds. The third-order valence-electron chi connectivity index (χ3n) is 4.86. The highest BCUT2D eigenvalue weighted by atomic mass is 16.6. The van der Waals surface area contributed by atoms with Crippen LogP contribution >= 0.6 is 0 Å². The molecule has 1 saturated heterocycles. The van der Waals surface area contributed by atoms with Crippen molar-refractivity contribution in [2.24, 2.45) is 5.92 Å². The molecule has 3 heteroatoms. The summed E-state index contributed by atoms with van der Waals surface area (Å²) in [6, 6.07) is 0.832. The lowest BCUT2D eigenvalue weighted by molar-refractivity contribution is -0.170. The molecular weight excluding hydrogens is 250 g/mol. The fourth-order valence-corrected chi connectivity index (χ4v) is 3.92. The highest BCUT2D eigenvalue weighted by Crippen LogP contribution is 2.45. The summed E-state index contributed by atoms with van der Waals surface area (Å²) in [6.07, 6.45) is 7.08. The van der Waals surface area contributed by atoms with Gasteiger partial charge in [-0.05, 0) is 32.9 Å². The van der Waals surface area contributed by atoms with Gasteiger partial charge < -0.3 is 9.64 Å². The molecule has 0 radical (unpaired) electrons. The van der Waals surface area contributed by atoms with Crippen LogP contribution in [0.4, 0.5) is 0 Å². The molecule has 1 aliphatic carbocycles. The Morgan fingerprint density at radius 1 is 1.45 bits per heavy atom. The average Bonchev–Trinajstić information content (AvgIpc) is 2.42. The number of fused-ring (bicyclic) bond motifs is 1. The third-order valence-corrected chi connectivity index (χ3v) is 4.86. The monoisotopic (exact) mass is 275 g/mol. The smallest absolute Gasteiger partial charge is 0.304 e. The van der Waals surface area contributed by atoms with Crippen LogP contribution in [0.2, 0.25) is 0 Å². The molecule has 110 valence electrons. The lowest BCUT2D eigenvalue weighted by Crippen LogP contribution is -2.61. The Morgan fingerprint density at radius 3 is 2.80 bits per heavy atom. The van der Waals surface area contributed by atoms with Gasteiger partial charge in [-0.1, -0.05) is 31.3 Å². The number of hydrogen-bond acceptors (Lipinski definition) is 3. The van der Waals surface area contributed by atoms with Gasteiger partial charge in [-0.3, -0.25) is 4.79 Å². The topological polar surface area (TPSA) is 29.5 Å². The Balaban J connectivity index is 2.40. The fraction of sp³-hybridized carbons (Fsp3) is 0.706. The van der Waals surface area contributed by atoms with Crippen molar-refractivity contribution in [3.05, 3.63) is 12.7 Å². The Hall–Kier alpha value is -1.27. The molecule has 1 saturated carbocycles. The van der Waals surface area contributed by atoms with Crippen LogP contribution in [-0.2, 0) is 9.53 Å². The van der Waals surface area contributed by atoms with Crippen molar-refractivity contribution >= 4 is 5.97 Å². The first-order valence-corrected chi connectivity index (χ1v) is 7.55. The van der Waals surface area contributed by atoms with Gasteiger partial charge >= 0.3 is 5.97 Å². The summed E-state index contributed by atoms with van der Waals surface area (Å²) in [5, 5.41) is 0. The summed E-state index contributed by atoms with van der Waals surface area (Å²) in [6.45, 7) is 7.35. The molecule has 0 aromatic carbocycles. The summed E-state index contributed by atoms with van der Waals surface area (Å²) < 4.78 is 5.78. The minimum Gasteiger partial charge on any atom is -0.446 e. The van der Waals surface area contributed by atoms with Crippen molar-refractivity contribution in [2.75, 3.05) is 7.05 Å². The summed E-state index contributed by atoms with van der Waals surface area (Å²) in [7, 11) is 2.19. The molecule has 2 rings (SSSR count). The molecule has 3 nitrogen and oxygen atoms in total. The van der Waals surface area contributed by atoms with E-state index in [9.17, 15) is 4.79 Å². The zero-order valence-electron chi connectivity index (χ0n) is 12.8. The Morgan fingerprint density at radius 2 is 2.15 bits per heavy atom. The van der Waals surface area contributed by atoms with Crippen molar-refractivity contribution in [2.45, 2.75) is 63.6 Å². The quantitative estimate of drug-likeness (QED) is 0.544. The molecule has 1 aliphatic heterocycles. The van der Waals surface area contributed by atoms with Gasteiger partial charge in [-0.2, -0.15) is 0 Å². The van der Waals surface area contributed by atoms with Crippen LogP contribution in [0.1, 0.15) is 46.0 Å². The number of hydrogen-bond donors (Lipinski definition) is 0. The van der Waals surface area contributed by atoms with E-state index in [-0.39, 0.29) is 5.97 Å².